The SMILES string of the molecule is CC(C)N1CCN(C(=O)c2nc3ccccn3c2-c2ccc(F)cc2)CC1. The maximum absolute atomic E-state index is 13.4. The van der Waals surface area contributed by atoms with Crippen molar-refractivity contribution in [1.82, 2.24) is 19.2 Å². The molecule has 0 radical (unpaired) electrons. The summed E-state index contributed by atoms with van der Waals surface area (Å²) in [5.74, 6) is -0.369. The lowest BCUT2D eigenvalue weighted by Crippen LogP contribution is -2.50. The van der Waals surface area contributed by atoms with Gasteiger partial charge in [0.2, 0.25) is 0 Å². The van der Waals surface area contributed by atoms with Crippen molar-refractivity contribution in [2.45, 2.75) is 19.9 Å². The molecule has 0 spiro atoms. The standard InChI is InChI=1S/C21H23FN4O/c1-15(2)24-11-13-25(14-12-24)21(27)19-20(16-6-8-17(22)9-7-16)26-10-4-3-5-18(26)23-19/h3-10,15H,11-14H2,1-2H3. The van der Waals surface area contributed by atoms with Gasteiger partial charge in [0.15, 0.2) is 5.69 Å². The summed E-state index contributed by atoms with van der Waals surface area (Å²) >= 11 is 0. The maximum Gasteiger partial charge on any atom is 0.274 e. The fraction of sp³-hybridized carbons (Fsp3) is 0.333. The number of hydrogen-bond donors (Lipinski definition) is 0. The predicted molar refractivity (Wildman–Crippen MR) is 103 cm³/mol. The molecule has 3 aromatic rings. The van der Waals surface area contributed by atoms with E-state index >= 15 is 0 Å². The first kappa shape index (κ1) is 17.7. The van der Waals surface area contributed by atoms with E-state index in [1.54, 1.807) is 12.1 Å². The van der Waals surface area contributed by atoms with Crippen LogP contribution in [0, 0.1) is 5.82 Å². The van der Waals surface area contributed by atoms with Crippen LogP contribution in [0.3, 0.4) is 0 Å². The number of halogens is 1. The van der Waals surface area contributed by atoms with E-state index in [0.717, 1.165) is 18.7 Å². The van der Waals surface area contributed by atoms with Gasteiger partial charge in [-0.25, -0.2) is 9.37 Å². The molecule has 6 heteroatoms. The van der Waals surface area contributed by atoms with E-state index in [9.17, 15) is 9.18 Å². The number of nitrogens with zero attached hydrogens (tertiary/aromatic N) is 4. The van der Waals surface area contributed by atoms with Crippen molar-refractivity contribution in [3.8, 4) is 11.3 Å². The minimum Gasteiger partial charge on any atom is -0.335 e. The highest BCUT2D eigenvalue weighted by Crippen LogP contribution is 2.27. The molecule has 0 atom stereocenters. The summed E-state index contributed by atoms with van der Waals surface area (Å²) in [6.07, 6.45) is 1.88. The number of rotatable bonds is 3. The average Bonchev–Trinajstić information content (AvgIpc) is 3.07. The molecule has 0 aliphatic carbocycles. The molecule has 0 unspecified atom stereocenters. The van der Waals surface area contributed by atoms with Gasteiger partial charge in [0.05, 0.1) is 5.69 Å². The van der Waals surface area contributed by atoms with Crippen LogP contribution in [0.1, 0.15) is 24.3 Å². The highest BCUT2D eigenvalue weighted by Gasteiger charge is 2.28. The van der Waals surface area contributed by atoms with Crippen molar-refractivity contribution in [2.24, 2.45) is 0 Å². The van der Waals surface area contributed by atoms with E-state index in [1.807, 2.05) is 33.7 Å². The molecule has 4 rings (SSSR count). The summed E-state index contributed by atoms with van der Waals surface area (Å²) in [4.78, 5) is 22.1. The van der Waals surface area contributed by atoms with Crippen LogP contribution in [0.25, 0.3) is 16.9 Å². The summed E-state index contributed by atoms with van der Waals surface area (Å²) in [6.45, 7) is 7.45. The third-order valence-electron chi connectivity index (χ3n) is 5.18. The van der Waals surface area contributed by atoms with Crippen LogP contribution in [0.15, 0.2) is 48.7 Å². The van der Waals surface area contributed by atoms with Crippen molar-refractivity contribution < 1.29 is 9.18 Å². The second-order valence-corrected chi connectivity index (χ2v) is 7.17. The largest absolute Gasteiger partial charge is 0.335 e. The van der Waals surface area contributed by atoms with Gasteiger partial charge in [-0.15, -0.1) is 0 Å². The fourth-order valence-electron chi connectivity index (χ4n) is 3.62. The topological polar surface area (TPSA) is 40.8 Å². The number of amides is 1. The number of hydrogen-bond acceptors (Lipinski definition) is 3. The molecule has 1 aromatic carbocycles. The van der Waals surface area contributed by atoms with Gasteiger partial charge in [0, 0.05) is 44.0 Å². The summed E-state index contributed by atoms with van der Waals surface area (Å²) in [7, 11) is 0. The highest BCUT2D eigenvalue weighted by atomic mass is 19.1. The number of pyridine rings is 1. The van der Waals surface area contributed by atoms with Gasteiger partial charge < -0.3 is 4.90 Å². The van der Waals surface area contributed by atoms with E-state index in [2.05, 4.69) is 23.7 Å². The number of piperazine rings is 1. The fourth-order valence-corrected chi connectivity index (χ4v) is 3.62. The van der Waals surface area contributed by atoms with Gasteiger partial charge in [-0.05, 0) is 50.2 Å². The van der Waals surface area contributed by atoms with Gasteiger partial charge in [-0.3, -0.25) is 14.1 Å². The van der Waals surface area contributed by atoms with E-state index in [1.165, 1.54) is 12.1 Å². The monoisotopic (exact) mass is 366 g/mol. The van der Waals surface area contributed by atoms with Crippen molar-refractivity contribution in [3.05, 3.63) is 60.2 Å². The van der Waals surface area contributed by atoms with Crippen LogP contribution in [0.4, 0.5) is 4.39 Å². The number of benzene rings is 1. The molecule has 3 heterocycles. The van der Waals surface area contributed by atoms with Gasteiger partial charge >= 0.3 is 0 Å². The van der Waals surface area contributed by atoms with E-state index in [-0.39, 0.29) is 11.7 Å². The molecule has 2 aromatic heterocycles. The Morgan fingerprint density at radius 1 is 1.04 bits per heavy atom. The number of carbonyl (C=O) groups is 1. The van der Waals surface area contributed by atoms with Crippen LogP contribution < -0.4 is 0 Å². The first-order valence-corrected chi connectivity index (χ1v) is 9.31. The maximum atomic E-state index is 13.4. The minimum atomic E-state index is -0.301. The Hall–Kier alpha value is -2.73. The van der Waals surface area contributed by atoms with Crippen LogP contribution in [-0.2, 0) is 0 Å². The van der Waals surface area contributed by atoms with Crippen LogP contribution in [0.2, 0.25) is 0 Å². The number of imidazole rings is 1. The zero-order valence-corrected chi connectivity index (χ0v) is 15.6. The van der Waals surface area contributed by atoms with E-state index in [4.69, 9.17) is 0 Å². The first-order chi connectivity index (χ1) is 13.0. The zero-order valence-electron chi connectivity index (χ0n) is 15.6. The number of fused-ring (bicyclic) bond motifs is 1. The minimum absolute atomic E-state index is 0.0681. The smallest absolute Gasteiger partial charge is 0.274 e. The van der Waals surface area contributed by atoms with E-state index < -0.39 is 0 Å². The molecule has 1 fully saturated rings. The van der Waals surface area contributed by atoms with Gasteiger partial charge in [-0.1, -0.05) is 6.07 Å². The number of aromatic nitrogens is 2. The summed E-state index contributed by atoms with van der Waals surface area (Å²) in [5, 5.41) is 0. The molecule has 1 amide bonds. The van der Waals surface area contributed by atoms with Crippen LogP contribution in [-0.4, -0.2) is 57.3 Å². The molecule has 0 saturated carbocycles. The molecular weight excluding hydrogens is 343 g/mol. The average molecular weight is 366 g/mol. The quantitative estimate of drug-likeness (QED) is 0.714. The Morgan fingerprint density at radius 2 is 1.74 bits per heavy atom. The molecule has 0 N–H and O–H groups in total. The van der Waals surface area contributed by atoms with Crippen molar-refractivity contribution in [1.29, 1.82) is 0 Å². The zero-order chi connectivity index (χ0) is 19.0. The third kappa shape index (κ3) is 3.32. The van der Waals surface area contributed by atoms with Crippen molar-refractivity contribution >= 4 is 11.6 Å². The van der Waals surface area contributed by atoms with Gasteiger partial charge in [0.1, 0.15) is 11.5 Å². The van der Waals surface area contributed by atoms with Gasteiger partial charge in [-0.2, -0.15) is 0 Å². The Morgan fingerprint density at radius 3 is 2.41 bits per heavy atom. The molecule has 1 aliphatic heterocycles. The molecule has 5 nitrogen and oxygen atoms in total. The molecule has 1 saturated heterocycles. The Labute approximate surface area is 158 Å². The van der Waals surface area contributed by atoms with Gasteiger partial charge in [0.25, 0.3) is 5.91 Å². The Kier molecular flexibility index (Phi) is 4.66. The lowest BCUT2D eigenvalue weighted by molar-refractivity contribution is 0.0591. The van der Waals surface area contributed by atoms with E-state index in [0.29, 0.717) is 36.2 Å². The predicted octanol–water partition coefficient (Wildman–Crippen LogP) is 3.31. The molecule has 0 bridgehead atoms. The second-order valence-electron chi connectivity index (χ2n) is 7.17. The lowest BCUT2D eigenvalue weighted by atomic mass is 10.1. The lowest BCUT2D eigenvalue weighted by Gasteiger charge is -2.36. The highest BCUT2D eigenvalue weighted by molar-refractivity contribution is 5.99. The Balaban J connectivity index is 1.72. The van der Waals surface area contributed by atoms with Crippen LogP contribution in [0.5, 0.6) is 0 Å². The third-order valence-corrected chi connectivity index (χ3v) is 5.18. The summed E-state index contributed by atoms with van der Waals surface area (Å²) in [5.41, 5.74) is 2.62. The second kappa shape index (κ2) is 7.12. The molecule has 140 valence electrons. The van der Waals surface area contributed by atoms with Crippen molar-refractivity contribution in [3.63, 3.8) is 0 Å². The first-order valence-electron chi connectivity index (χ1n) is 9.31. The van der Waals surface area contributed by atoms with Crippen LogP contribution >= 0.6 is 0 Å². The molecule has 1 aliphatic rings. The normalized spacial score (nSPS) is 15.6. The molecular formula is C21H23FN4O. The summed E-state index contributed by atoms with van der Waals surface area (Å²) < 4.78 is 15.3. The Bertz CT molecular complexity index is 956. The molecule has 27 heavy (non-hydrogen) atoms. The number of carbonyl (C=O) groups excluding carboxylic acids is 1. The van der Waals surface area contributed by atoms with Crippen molar-refractivity contribution in [2.75, 3.05) is 26.2 Å². The summed E-state index contributed by atoms with van der Waals surface area (Å²) in [6, 6.07) is 12.4.